The summed E-state index contributed by atoms with van der Waals surface area (Å²) >= 11 is 0. The van der Waals surface area contributed by atoms with Crippen LogP contribution in [0.25, 0.3) is 0 Å². The Balaban J connectivity index is 2.00. The average molecular weight is 258 g/mol. The van der Waals surface area contributed by atoms with Crippen molar-refractivity contribution in [2.45, 2.75) is 38.8 Å². The van der Waals surface area contributed by atoms with E-state index in [-0.39, 0.29) is 6.04 Å². The first kappa shape index (κ1) is 13.8. The zero-order valence-corrected chi connectivity index (χ0v) is 11.4. The van der Waals surface area contributed by atoms with Crippen LogP contribution < -0.4 is 11.3 Å². The molecule has 1 unspecified atom stereocenters. The fourth-order valence-electron chi connectivity index (χ4n) is 2.28. The summed E-state index contributed by atoms with van der Waals surface area (Å²) in [5.74, 6) is 6.77. The maximum absolute atomic E-state index is 5.67. The Labute approximate surface area is 114 Å². The quantitative estimate of drug-likeness (QED) is 0.589. The lowest BCUT2D eigenvalue weighted by Gasteiger charge is -2.16. The minimum absolute atomic E-state index is 0.209. The van der Waals surface area contributed by atoms with Crippen LogP contribution in [0.1, 0.15) is 24.7 Å². The fraction of sp³-hybridized carbons (Fsp3) is 0.400. The van der Waals surface area contributed by atoms with Crippen LogP contribution >= 0.6 is 0 Å². The van der Waals surface area contributed by atoms with Crippen molar-refractivity contribution in [3.63, 3.8) is 0 Å². The molecule has 0 aliphatic rings. The molecule has 1 atom stereocenters. The van der Waals surface area contributed by atoms with Crippen LogP contribution in [0.5, 0.6) is 0 Å². The van der Waals surface area contributed by atoms with Crippen molar-refractivity contribution < 1.29 is 0 Å². The summed E-state index contributed by atoms with van der Waals surface area (Å²) < 4.78 is 2.20. The number of aryl methyl sites for hydroxylation is 1. The van der Waals surface area contributed by atoms with Gasteiger partial charge in [0.15, 0.2) is 0 Å². The molecule has 1 aromatic heterocycles. The molecule has 0 saturated carbocycles. The van der Waals surface area contributed by atoms with Gasteiger partial charge >= 0.3 is 0 Å². The van der Waals surface area contributed by atoms with Gasteiger partial charge in [-0.2, -0.15) is 0 Å². The molecule has 2 aromatic rings. The zero-order valence-electron chi connectivity index (χ0n) is 11.4. The number of nitrogens with zero attached hydrogens (tertiary/aromatic N) is 2. The van der Waals surface area contributed by atoms with Crippen LogP contribution in [0.4, 0.5) is 0 Å². The number of imidazole rings is 1. The molecule has 4 heteroatoms. The molecule has 0 aliphatic carbocycles. The predicted molar refractivity (Wildman–Crippen MR) is 77.5 cm³/mol. The SMILES string of the molecule is CCCn1ccnc1CC(Cc1ccccc1)NN. The molecule has 0 amide bonds. The van der Waals surface area contributed by atoms with Gasteiger partial charge in [0, 0.05) is 31.4 Å². The first-order valence-electron chi connectivity index (χ1n) is 6.83. The Morgan fingerprint density at radius 3 is 2.74 bits per heavy atom. The zero-order chi connectivity index (χ0) is 13.5. The molecule has 3 N–H and O–H groups in total. The molecule has 0 fully saturated rings. The minimum Gasteiger partial charge on any atom is -0.335 e. The molecular weight excluding hydrogens is 236 g/mol. The van der Waals surface area contributed by atoms with Crippen molar-refractivity contribution in [3.8, 4) is 0 Å². The molecule has 0 spiro atoms. The number of nitrogens with one attached hydrogen (secondary N) is 1. The Hall–Kier alpha value is -1.65. The Kier molecular flexibility index (Phi) is 5.12. The number of aromatic nitrogens is 2. The summed E-state index contributed by atoms with van der Waals surface area (Å²) in [5, 5.41) is 0. The van der Waals surface area contributed by atoms with Crippen LogP contribution in [-0.4, -0.2) is 15.6 Å². The number of benzene rings is 1. The maximum atomic E-state index is 5.67. The van der Waals surface area contributed by atoms with Gasteiger partial charge in [0.05, 0.1) is 0 Å². The second-order valence-electron chi connectivity index (χ2n) is 4.79. The molecule has 0 saturated heterocycles. The van der Waals surface area contributed by atoms with Gasteiger partial charge in [-0.25, -0.2) is 4.98 Å². The van der Waals surface area contributed by atoms with Crippen molar-refractivity contribution in [3.05, 3.63) is 54.1 Å². The molecule has 19 heavy (non-hydrogen) atoms. The van der Waals surface area contributed by atoms with Gasteiger partial charge in [0.25, 0.3) is 0 Å². The monoisotopic (exact) mass is 258 g/mol. The van der Waals surface area contributed by atoms with E-state index in [1.807, 2.05) is 18.5 Å². The third-order valence-electron chi connectivity index (χ3n) is 3.26. The number of hydrogen-bond acceptors (Lipinski definition) is 3. The van der Waals surface area contributed by atoms with E-state index in [2.05, 4.69) is 46.2 Å². The summed E-state index contributed by atoms with van der Waals surface area (Å²) in [6.07, 6.45) is 6.77. The molecule has 1 aromatic carbocycles. The van der Waals surface area contributed by atoms with Crippen molar-refractivity contribution >= 4 is 0 Å². The van der Waals surface area contributed by atoms with Crippen LogP contribution in [-0.2, 0) is 19.4 Å². The Morgan fingerprint density at radius 2 is 2.05 bits per heavy atom. The highest BCUT2D eigenvalue weighted by Gasteiger charge is 2.12. The van der Waals surface area contributed by atoms with Gasteiger partial charge in [-0.1, -0.05) is 37.3 Å². The largest absolute Gasteiger partial charge is 0.335 e. The molecule has 4 nitrogen and oxygen atoms in total. The van der Waals surface area contributed by atoms with Crippen molar-refractivity contribution in [1.29, 1.82) is 0 Å². The van der Waals surface area contributed by atoms with Crippen LogP contribution in [0.15, 0.2) is 42.7 Å². The van der Waals surface area contributed by atoms with E-state index in [0.717, 1.165) is 31.6 Å². The highest BCUT2D eigenvalue weighted by Crippen LogP contribution is 2.08. The van der Waals surface area contributed by atoms with Crippen molar-refractivity contribution in [2.75, 3.05) is 0 Å². The maximum Gasteiger partial charge on any atom is 0.110 e. The lowest BCUT2D eigenvalue weighted by atomic mass is 10.0. The Bertz CT molecular complexity index is 478. The summed E-state index contributed by atoms with van der Waals surface area (Å²) in [5.41, 5.74) is 4.20. The molecule has 0 bridgehead atoms. The normalized spacial score (nSPS) is 12.5. The predicted octanol–water partition coefficient (Wildman–Crippen LogP) is 1.91. The Morgan fingerprint density at radius 1 is 1.26 bits per heavy atom. The molecule has 1 heterocycles. The van der Waals surface area contributed by atoms with Gasteiger partial charge in [0.2, 0.25) is 0 Å². The van der Waals surface area contributed by atoms with E-state index in [1.165, 1.54) is 5.56 Å². The molecule has 2 rings (SSSR count). The third-order valence-corrected chi connectivity index (χ3v) is 3.26. The molecule has 0 radical (unpaired) electrons. The minimum atomic E-state index is 0.209. The van der Waals surface area contributed by atoms with Gasteiger partial charge < -0.3 is 4.57 Å². The number of hydrazine groups is 1. The fourth-order valence-corrected chi connectivity index (χ4v) is 2.28. The first-order valence-corrected chi connectivity index (χ1v) is 6.83. The molecule has 0 aliphatic heterocycles. The summed E-state index contributed by atoms with van der Waals surface area (Å²) in [6.45, 7) is 3.18. The second kappa shape index (κ2) is 7.07. The van der Waals surface area contributed by atoms with E-state index in [9.17, 15) is 0 Å². The van der Waals surface area contributed by atoms with Gasteiger partial charge in [-0.15, -0.1) is 0 Å². The topological polar surface area (TPSA) is 55.9 Å². The molecular formula is C15H22N4. The molecule has 102 valence electrons. The number of nitrogens with two attached hydrogens (primary N) is 1. The van der Waals surface area contributed by atoms with E-state index in [4.69, 9.17) is 5.84 Å². The standard InChI is InChI=1S/C15H22N4/c1-2-9-19-10-8-17-15(19)12-14(18-16)11-13-6-4-3-5-7-13/h3-8,10,14,18H,2,9,11-12,16H2,1H3. The summed E-state index contributed by atoms with van der Waals surface area (Å²) in [6, 6.07) is 10.6. The number of hydrogen-bond donors (Lipinski definition) is 2. The highest BCUT2D eigenvalue weighted by molar-refractivity contribution is 5.16. The number of rotatable bonds is 7. The first-order chi connectivity index (χ1) is 9.33. The van der Waals surface area contributed by atoms with Crippen LogP contribution in [0.3, 0.4) is 0 Å². The van der Waals surface area contributed by atoms with E-state index >= 15 is 0 Å². The lowest BCUT2D eigenvalue weighted by Crippen LogP contribution is -2.39. The summed E-state index contributed by atoms with van der Waals surface area (Å²) in [4.78, 5) is 4.43. The van der Waals surface area contributed by atoms with E-state index in [1.54, 1.807) is 0 Å². The van der Waals surface area contributed by atoms with Gasteiger partial charge in [-0.3, -0.25) is 11.3 Å². The van der Waals surface area contributed by atoms with Crippen molar-refractivity contribution in [2.24, 2.45) is 5.84 Å². The highest BCUT2D eigenvalue weighted by atomic mass is 15.2. The smallest absolute Gasteiger partial charge is 0.110 e. The third kappa shape index (κ3) is 3.91. The van der Waals surface area contributed by atoms with Crippen LogP contribution in [0, 0.1) is 0 Å². The van der Waals surface area contributed by atoms with Crippen LogP contribution in [0.2, 0.25) is 0 Å². The van der Waals surface area contributed by atoms with E-state index < -0.39 is 0 Å². The van der Waals surface area contributed by atoms with Gasteiger partial charge in [0.1, 0.15) is 5.82 Å². The summed E-state index contributed by atoms with van der Waals surface area (Å²) in [7, 11) is 0. The van der Waals surface area contributed by atoms with E-state index in [0.29, 0.717) is 0 Å². The lowest BCUT2D eigenvalue weighted by molar-refractivity contribution is 0.495. The second-order valence-corrected chi connectivity index (χ2v) is 4.79. The van der Waals surface area contributed by atoms with Gasteiger partial charge in [-0.05, 0) is 18.4 Å². The average Bonchev–Trinajstić information content (AvgIpc) is 2.87. The van der Waals surface area contributed by atoms with Crippen molar-refractivity contribution in [1.82, 2.24) is 15.0 Å².